The highest BCUT2D eigenvalue weighted by molar-refractivity contribution is 7.99. The number of nitrogens with one attached hydrogen (secondary N) is 1. The van der Waals surface area contributed by atoms with Crippen LogP contribution >= 0.6 is 11.8 Å². The van der Waals surface area contributed by atoms with E-state index in [2.05, 4.69) is 17.2 Å². The molecule has 0 aliphatic heterocycles. The lowest BCUT2D eigenvalue weighted by atomic mass is 10.2. The van der Waals surface area contributed by atoms with E-state index in [9.17, 15) is 9.90 Å². The van der Waals surface area contributed by atoms with E-state index in [4.69, 9.17) is 0 Å². The molecule has 90 valence electrons. The van der Waals surface area contributed by atoms with Crippen molar-refractivity contribution < 1.29 is 9.90 Å². The van der Waals surface area contributed by atoms with E-state index in [0.717, 1.165) is 10.6 Å². The molecule has 1 aromatic rings. The first-order chi connectivity index (χ1) is 8.20. The fourth-order valence-corrected chi connectivity index (χ4v) is 2.23. The lowest BCUT2D eigenvalue weighted by Gasteiger charge is -2.11. The van der Waals surface area contributed by atoms with Crippen LogP contribution in [-0.4, -0.2) is 23.4 Å². The normalized spacial score (nSPS) is 9.29. The van der Waals surface area contributed by atoms with Crippen molar-refractivity contribution in [3.05, 3.63) is 23.8 Å². The summed E-state index contributed by atoms with van der Waals surface area (Å²) in [4.78, 5) is 12.0. The summed E-state index contributed by atoms with van der Waals surface area (Å²) < 4.78 is 0. The standard InChI is InChI=1S/C13H15NO2S/c1-3-5-9-14-10-7-6-8-11(17-4-2)12(10)13(15)16/h6-8,14H,4,9H2,1-2H3,(H,15,16). The van der Waals surface area contributed by atoms with Crippen LogP contribution in [0.4, 0.5) is 5.69 Å². The molecular weight excluding hydrogens is 234 g/mol. The van der Waals surface area contributed by atoms with E-state index in [-0.39, 0.29) is 0 Å². The number of carboxylic acids is 1. The fraction of sp³-hybridized carbons (Fsp3) is 0.308. The second-order valence-corrected chi connectivity index (χ2v) is 4.50. The molecule has 0 atom stereocenters. The molecule has 1 aromatic carbocycles. The van der Waals surface area contributed by atoms with E-state index in [1.54, 1.807) is 13.0 Å². The van der Waals surface area contributed by atoms with Crippen molar-refractivity contribution in [3.63, 3.8) is 0 Å². The zero-order chi connectivity index (χ0) is 12.7. The van der Waals surface area contributed by atoms with Crippen LogP contribution in [0.2, 0.25) is 0 Å². The van der Waals surface area contributed by atoms with E-state index >= 15 is 0 Å². The summed E-state index contributed by atoms with van der Waals surface area (Å²) >= 11 is 1.53. The molecular formula is C13H15NO2S. The van der Waals surface area contributed by atoms with Gasteiger partial charge in [-0.25, -0.2) is 4.79 Å². The second kappa shape index (κ2) is 6.87. The third kappa shape index (κ3) is 3.72. The van der Waals surface area contributed by atoms with Gasteiger partial charge in [-0.2, -0.15) is 0 Å². The molecule has 0 radical (unpaired) electrons. The molecule has 3 nitrogen and oxygen atoms in total. The van der Waals surface area contributed by atoms with Crippen molar-refractivity contribution in [2.24, 2.45) is 0 Å². The van der Waals surface area contributed by atoms with Crippen molar-refractivity contribution in [2.75, 3.05) is 17.6 Å². The van der Waals surface area contributed by atoms with Gasteiger partial charge in [0.25, 0.3) is 0 Å². The van der Waals surface area contributed by atoms with Gasteiger partial charge in [0, 0.05) is 4.90 Å². The minimum absolute atomic E-state index is 0.331. The van der Waals surface area contributed by atoms with E-state index < -0.39 is 5.97 Å². The Balaban J connectivity index is 3.04. The van der Waals surface area contributed by atoms with Crippen molar-refractivity contribution in [1.82, 2.24) is 0 Å². The number of rotatable bonds is 5. The summed E-state index contributed by atoms with van der Waals surface area (Å²) in [5, 5.41) is 12.3. The predicted octanol–water partition coefficient (Wildman–Crippen LogP) is 2.93. The van der Waals surface area contributed by atoms with Crippen LogP contribution in [0.5, 0.6) is 0 Å². The van der Waals surface area contributed by atoms with Gasteiger partial charge in [-0.1, -0.05) is 18.9 Å². The number of carbonyl (C=O) groups is 1. The van der Waals surface area contributed by atoms with Crippen LogP contribution < -0.4 is 5.32 Å². The molecule has 0 bridgehead atoms. The molecule has 0 aliphatic rings. The molecule has 4 heteroatoms. The molecule has 1 rings (SSSR count). The number of anilines is 1. The third-order valence-corrected chi connectivity index (χ3v) is 3.02. The first-order valence-corrected chi connectivity index (χ1v) is 6.31. The lowest BCUT2D eigenvalue weighted by molar-refractivity contribution is 0.0694. The molecule has 0 spiro atoms. The highest BCUT2D eigenvalue weighted by atomic mass is 32.2. The molecule has 0 aliphatic carbocycles. The Morgan fingerprint density at radius 3 is 2.88 bits per heavy atom. The van der Waals surface area contributed by atoms with Crippen LogP contribution in [0.25, 0.3) is 0 Å². The topological polar surface area (TPSA) is 49.3 Å². The molecule has 2 N–H and O–H groups in total. The molecule has 0 saturated carbocycles. The maximum atomic E-state index is 11.3. The first kappa shape index (κ1) is 13.5. The largest absolute Gasteiger partial charge is 0.478 e. The van der Waals surface area contributed by atoms with Crippen molar-refractivity contribution in [2.45, 2.75) is 18.7 Å². The van der Waals surface area contributed by atoms with Gasteiger partial charge in [0.05, 0.1) is 17.8 Å². The van der Waals surface area contributed by atoms with Gasteiger partial charge in [-0.15, -0.1) is 17.7 Å². The van der Waals surface area contributed by atoms with Crippen LogP contribution in [0.1, 0.15) is 24.2 Å². The van der Waals surface area contributed by atoms with E-state index in [1.807, 2.05) is 19.1 Å². The Labute approximate surface area is 106 Å². The summed E-state index contributed by atoms with van der Waals surface area (Å²) in [5.41, 5.74) is 0.955. The summed E-state index contributed by atoms with van der Waals surface area (Å²) in [7, 11) is 0. The Bertz CT molecular complexity index is 460. The van der Waals surface area contributed by atoms with Crippen molar-refractivity contribution >= 4 is 23.4 Å². The van der Waals surface area contributed by atoms with Crippen molar-refractivity contribution in [3.8, 4) is 11.8 Å². The summed E-state index contributed by atoms with van der Waals surface area (Å²) in [6.07, 6.45) is 0. The summed E-state index contributed by atoms with van der Waals surface area (Å²) in [5.74, 6) is 5.55. The van der Waals surface area contributed by atoms with Gasteiger partial charge in [0.1, 0.15) is 0 Å². The van der Waals surface area contributed by atoms with Crippen LogP contribution in [0.15, 0.2) is 23.1 Å². The molecule has 0 saturated heterocycles. The SMILES string of the molecule is CC#CCNc1cccc(SCC)c1C(=O)O. The maximum Gasteiger partial charge on any atom is 0.338 e. The Morgan fingerprint density at radius 2 is 2.29 bits per heavy atom. The molecule has 0 unspecified atom stereocenters. The first-order valence-electron chi connectivity index (χ1n) is 5.33. The zero-order valence-corrected chi connectivity index (χ0v) is 10.7. The molecule has 0 amide bonds. The minimum Gasteiger partial charge on any atom is -0.478 e. The molecule has 17 heavy (non-hydrogen) atoms. The fourth-order valence-electron chi connectivity index (χ4n) is 1.40. The quantitative estimate of drug-likeness (QED) is 0.622. The smallest absolute Gasteiger partial charge is 0.338 e. The Kier molecular flexibility index (Phi) is 5.44. The average Bonchev–Trinajstić information content (AvgIpc) is 2.29. The monoisotopic (exact) mass is 249 g/mol. The minimum atomic E-state index is -0.909. The van der Waals surface area contributed by atoms with E-state index in [0.29, 0.717) is 17.8 Å². The highest BCUT2D eigenvalue weighted by Crippen LogP contribution is 2.28. The number of carboxylic acid groups (broad SMARTS) is 1. The number of hydrogen-bond acceptors (Lipinski definition) is 3. The Hall–Kier alpha value is -1.60. The van der Waals surface area contributed by atoms with Crippen LogP contribution in [0, 0.1) is 11.8 Å². The summed E-state index contributed by atoms with van der Waals surface area (Å²) in [6, 6.07) is 5.45. The number of hydrogen-bond donors (Lipinski definition) is 2. The van der Waals surface area contributed by atoms with Gasteiger partial charge in [0.2, 0.25) is 0 Å². The van der Waals surface area contributed by atoms with Gasteiger partial charge in [-0.05, 0) is 24.8 Å². The highest BCUT2D eigenvalue weighted by Gasteiger charge is 2.14. The maximum absolute atomic E-state index is 11.3. The van der Waals surface area contributed by atoms with Gasteiger partial charge in [0.15, 0.2) is 0 Å². The third-order valence-electron chi connectivity index (χ3n) is 2.08. The number of aromatic carboxylic acids is 1. The zero-order valence-electron chi connectivity index (χ0n) is 9.91. The number of thioether (sulfide) groups is 1. The lowest BCUT2D eigenvalue weighted by Crippen LogP contribution is -2.08. The number of benzene rings is 1. The van der Waals surface area contributed by atoms with Gasteiger partial charge in [-0.3, -0.25) is 0 Å². The van der Waals surface area contributed by atoms with Crippen molar-refractivity contribution in [1.29, 1.82) is 0 Å². The molecule has 0 fully saturated rings. The summed E-state index contributed by atoms with van der Waals surface area (Å²) in [6.45, 7) is 4.21. The van der Waals surface area contributed by atoms with E-state index in [1.165, 1.54) is 11.8 Å². The van der Waals surface area contributed by atoms with Crippen LogP contribution in [-0.2, 0) is 0 Å². The second-order valence-electron chi connectivity index (χ2n) is 3.20. The predicted molar refractivity (Wildman–Crippen MR) is 71.7 cm³/mol. The van der Waals surface area contributed by atoms with Gasteiger partial charge >= 0.3 is 5.97 Å². The molecule has 0 heterocycles. The van der Waals surface area contributed by atoms with Gasteiger partial charge < -0.3 is 10.4 Å². The van der Waals surface area contributed by atoms with Crippen LogP contribution in [0.3, 0.4) is 0 Å². The Morgan fingerprint density at radius 1 is 1.53 bits per heavy atom. The average molecular weight is 249 g/mol. The molecule has 0 aromatic heterocycles.